The summed E-state index contributed by atoms with van der Waals surface area (Å²) in [5.41, 5.74) is 1.09. The molecule has 3 nitrogen and oxygen atoms in total. The normalized spacial score (nSPS) is 10.6. The van der Waals surface area contributed by atoms with Gasteiger partial charge in [-0.25, -0.2) is 0 Å². The van der Waals surface area contributed by atoms with E-state index in [1.165, 1.54) is 0 Å². The van der Waals surface area contributed by atoms with Crippen LogP contribution < -0.4 is 5.32 Å². The van der Waals surface area contributed by atoms with Gasteiger partial charge < -0.3 is 5.32 Å². The van der Waals surface area contributed by atoms with Gasteiger partial charge in [0.2, 0.25) is 0 Å². The second-order valence-corrected chi connectivity index (χ2v) is 2.00. The monoisotopic (exact) mass is 137 g/mol. The number of rotatable bonds is 2. The molecule has 0 atom stereocenters. The highest BCUT2D eigenvalue weighted by molar-refractivity contribution is 5.43. The van der Waals surface area contributed by atoms with Crippen LogP contribution in [-0.4, -0.2) is 16.8 Å². The Morgan fingerprint density at radius 3 is 3.00 bits per heavy atom. The standard InChI is InChI=1S/C7H11N3/c1-8-5-3-7-4-6-9-10(7)2/h3-6,8H,1-2H3/b5-3-. The molecule has 54 valence electrons. The molecule has 1 aromatic heterocycles. The van der Waals surface area contributed by atoms with Crippen LogP contribution in [0.4, 0.5) is 0 Å². The molecule has 0 amide bonds. The molecule has 1 heterocycles. The Morgan fingerprint density at radius 2 is 2.50 bits per heavy atom. The third kappa shape index (κ3) is 1.37. The summed E-state index contributed by atoms with van der Waals surface area (Å²) in [6.07, 6.45) is 5.61. The molecule has 1 rings (SSSR count). The first-order chi connectivity index (χ1) is 4.84. The summed E-state index contributed by atoms with van der Waals surface area (Å²) < 4.78 is 1.81. The lowest BCUT2D eigenvalue weighted by Crippen LogP contribution is -1.95. The highest BCUT2D eigenvalue weighted by atomic mass is 15.2. The molecular formula is C7H11N3. The van der Waals surface area contributed by atoms with Gasteiger partial charge in [-0.2, -0.15) is 5.10 Å². The van der Waals surface area contributed by atoms with Gasteiger partial charge in [0.05, 0.1) is 5.69 Å². The fraction of sp³-hybridized carbons (Fsp3) is 0.286. The Balaban J connectivity index is 2.74. The number of nitrogens with one attached hydrogen (secondary N) is 1. The van der Waals surface area contributed by atoms with Crippen LogP contribution in [0.1, 0.15) is 5.69 Å². The molecule has 10 heavy (non-hydrogen) atoms. The molecule has 0 aliphatic carbocycles. The van der Waals surface area contributed by atoms with Crippen molar-refractivity contribution < 1.29 is 0 Å². The van der Waals surface area contributed by atoms with Crippen molar-refractivity contribution >= 4 is 6.08 Å². The zero-order chi connectivity index (χ0) is 7.40. The highest BCUT2D eigenvalue weighted by Crippen LogP contribution is 1.96. The fourth-order valence-corrected chi connectivity index (χ4v) is 0.716. The van der Waals surface area contributed by atoms with Crippen molar-refractivity contribution in [2.75, 3.05) is 7.05 Å². The maximum atomic E-state index is 4.01. The Kier molecular flexibility index (Phi) is 2.10. The Hall–Kier alpha value is -1.25. The van der Waals surface area contributed by atoms with E-state index < -0.39 is 0 Å². The zero-order valence-electron chi connectivity index (χ0n) is 6.20. The summed E-state index contributed by atoms with van der Waals surface area (Å²) in [5, 5.41) is 6.92. The number of nitrogens with zero attached hydrogens (tertiary/aromatic N) is 2. The molecule has 1 aromatic rings. The van der Waals surface area contributed by atoms with Gasteiger partial charge >= 0.3 is 0 Å². The van der Waals surface area contributed by atoms with Crippen LogP contribution in [-0.2, 0) is 7.05 Å². The predicted octanol–water partition coefficient (Wildman–Crippen LogP) is 0.610. The molecule has 0 fully saturated rings. The first kappa shape index (κ1) is 6.86. The third-order valence-corrected chi connectivity index (χ3v) is 1.28. The summed E-state index contributed by atoms with van der Waals surface area (Å²) in [4.78, 5) is 0. The maximum absolute atomic E-state index is 4.01. The number of aromatic nitrogens is 2. The molecule has 0 aliphatic rings. The SMILES string of the molecule is CN/C=C\c1ccnn1C. The van der Waals surface area contributed by atoms with Crippen LogP contribution in [0.2, 0.25) is 0 Å². The van der Waals surface area contributed by atoms with E-state index >= 15 is 0 Å². The van der Waals surface area contributed by atoms with Gasteiger partial charge in [-0.05, 0) is 18.3 Å². The number of aryl methyl sites for hydroxylation is 1. The summed E-state index contributed by atoms with van der Waals surface area (Å²) in [7, 11) is 3.78. The van der Waals surface area contributed by atoms with Crippen molar-refractivity contribution in [1.29, 1.82) is 0 Å². The molecule has 1 N–H and O–H groups in total. The Morgan fingerprint density at radius 1 is 1.70 bits per heavy atom. The van der Waals surface area contributed by atoms with Crippen molar-refractivity contribution in [1.82, 2.24) is 15.1 Å². The van der Waals surface area contributed by atoms with E-state index in [9.17, 15) is 0 Å². The van der Waals surface area contributed by atoms with Gasteiger partial charge in [0.25, 0.3) is 0 Å². The second-order valence-electron chi connectivity index (χ2n) is 2.00. The average Bonchev–Trinajstić information content (AvgIpc) is 2.31. The molecule has 0 unspecified atom stereocenters. The summed E-state index contributed by atoms with van der Waals surface area (Å²) in [5.74, 6) is 0. The lowest BCUT2D eigenvalue weighted by atomic mass is 10.4. The van der Waals surface area contributed by atoms with E-state index in [0.29, 0.717) is 0 Å². The first-order valence-corrected chi connectivity index (χ1v) is 3.16. The van der Waals surface area contributed by atoms with Crippen LogP contribution in [0.15, 0.2) is 18.5 Å². The zero-order valence-corrected chi connectivity index (χ0v) is 6.20. The van der Waals surface area contributed by atoms with Crippen LogP contribution in [0.25, 0.3) is 6.08 Å². The lowest BCUT2D eigenvalue weighted by molar-refractivity contribution is 0.759. The van der Waals surface area contributed by atoms with E-state index in [1.807, 2.05) is 37.1 Å². The Labute approximate surface area is 60.4 Å². The molecule has 0 radical (unpaired) electrons. The van der Waals surface area contributed by atoms with Gasteiger partial charge in [-0.15, -0.1) is 0 Å². The minimum Gasteiger partial charge on any atom is -0.394 e. The van der Waals surface area contributed by atoms with Crippen molar-refractivity contribution in [3.8, 4) is 0 Å². The smallest absolute Gasteiger partial charge is 0.0620 e. The van der Waals surface area contributed by atoms with Gasteiger partial charge in [0, 0.05) is 20.3 Å². The quantitative estimate of drug-likeness (QED) is 0.647. The van der Waals surface area contributed by atoms with Gasteiger partial charge in [0.15, 0.2) is 0 Å². The molecular weight excluding hydrogens is 126 g/mol. The number of hydrogen-bond donors (Lipinski definition) is 1. The van der Waals surface area contributed by atoms with Crippen LogP contribution in [0.5, 0.6) is 0 Å². The summed E-state index contributed by atoms with van der Waals surface area (Å²) in [6.45, 7) is 0. The highest BCUT2D eigenvalue weighted by Gasteiger charge is 1.88. The van der Waals surface area contributed by atoms with E-state index in [4.69, 9.17) is 0 Å². The Bertz CT molecular complexity index is 225. The van der Waals surface area contributed by atoms with Crippen molar-refractivity contribution in [3.05, 3.63) is 24.2 Å². The average molecular weight is 137 g/mol. The first-order valence-electron chi connectivity index (χ1n) is 3.16. The maximum Gasteiger partial charge on any atom is 0.0620 e. The molecule has 0 bridgehead atoms. The summed E-state index contributed by atoms with van der Waals surface area (Å²) in [6, 6.07) is 1.95. The minimum atomic E-state index is 1.09. The molecule has 0 saturated heterocycles. The number of hydrogen-bond acceptors (Lipinski definition) is 2. The predicted molar refractivity (Wildman–Crippen MR) is 41.3 cm³/mol. The van der Waals surface area contributed by atoms with Crippen molar-refractivity contribution in [2.45, 2.75) is 0 Å². The minimum absolute atomic E-state index is 1.09. The van der Waals surface area contributed by atoms with Crippen LogP contribution in [0, 0.1) is 0 Å². The molecule has 3 heteroatoms. The molecule has 0 aromatic carbocycles. The molecule has 0 saturated carbocycles. The summed E-state index contributed by atoms with van der Waals surface area (Å²) >= 11 is 0. The second kappa shape index (κ2) is 3.06. The van der Waals surface area contributed by atoms with E-state index in [0.717, 1.165) is 5.69 Å². The van der Waals surface area contributed by atoms with Crippen LogP contribution in [0.3, 0.4) is 0 Å². The topological polar surface area (TPSA) is 29.9 Å². The lowest BCUT2D eigenvalue weighted by Gasteiger charge is -1.92. The fourth-order valence-electron chi connectivity index (χ4n) is 0.716. The van der Waals surface area contributed by atoms with Gasteiger partial charge in [-0.3, -0.25) is 4.68 Å². The van der Waals surface area contributed by atoms with Gasteiger partial charge in [0.1, 0.15) is 0 Å². The molecule has 0 spiro atoms. The van der Waals surface area contributed by atoms with E-state index in [2.05, 4.69) is 10.4 Å². The largest absolute Gasteiger partial charge is 0.394 e. The van der Waals surface area contributed by atoms with Crippen LogP contribution >= 0.6 is 0 Å². The van der Waals surface area contributed by atoms with Crippen molar-refractivity contribution in [2.24, 2.45) is 7.05 Å². The van der Waals surface area contributed by atoms with Crippen molar-refractivity contribution in [3.63, 3.8) is 0 Å². The molecule has 0 aliphatic heterocycles. The van der Waals surface area contributed by atoms with Gasteiger partial charge in [-0.1, -0.05) is 0 Å². The van der Waals surface area contributed by atoms with E-state index in [-0.39, 0.29) is 0 Å². The third-order valence-electron chi connectivity index (χ3n) is 1.28. The van der Waals surface area contributed by atoms with E-state index in [1.54, 1.807) is 6.20 Å².